The molecule has 2 aromatic rings. The van der Waals surface area contributed by atoms with Crippen molar-refractivity contribution in [2.45, 2.75) is 0 Å². The average molecular weight is 346 g/mol. The van der Waals surface area contributed by atoms with E-state index in [1.54, 1.807) is 18.2 Å². The molecular formula is C14H11Cl3N2O2. The van der Waals surface area contributed by atoms with Crippen molar-refractivity contribution >= 4 is 52.1 Å². The largest absolute Gasteiger partial charge is 0.497 e. The molecule has 0 fully saturated rings. The summed E-state index contributed by atoms with van der Waals surface area (Å²) < 4.78 is 5.08. The third-order valence-corrected chi connectivity index (χ3v) is 3.72. The number of rotatable bonds is 3. The average Bonchev–Trinajstić information content (AvgIpc) is 2.46. The fourth-order valence-electron chi connectivity index (χ4n) is 1.64. The molecule has 2 aromatic carbocycles. The normalized spacial score (nSPS) is 10.3. The van der Waals surface area contributed by atoms with Gasteiger partial charge in [-0.05, 0) is 24.3 Å². The number of halogens is 3. The lowest BCUT2D eigenvalue weighted by atomic mass is 10.2. The van der Waals surface area contributed by atoms with Crippen LogP contribution < -0.4 is 15.8 Å². The van der Waals surface area contributed by atoms with Crippen molar-refractivity contribution in [1.29, 1.82) is 0 Å². The van der Waals surface area contributed by atoms with Crippen LogP contribution in [0.15, 0.2) is 30.3 Å². The number of methoxy groups -OCH3 is 1. The third-order valence-electron chi connectivity index (χ3n) is 2.76. The molecule has 21 heavy (non-hydrogen) atoms. The molecule has 0 saturated heterocycles. The summed E-state index contributed by atoms with van der Waals surface area (Å²) in [6, 6.07) is 7.80. The highest BCUT2D eigenvalue weighted by molar-refractivity contribution is 6.39. The topological polar surface area (TPSA) is 64.3 Å². The van der Waals surface area contributed by atoms with Crippen molar-refractivity contribution in [1.82, 2.24) is 0 Å². The van der Waals surface area contributed by atoms with Gasteiger partial charge in [0.05, 0.1) is 33.6 Å². The Bertz CT molecular complexity index is 682. The Hall–Kier alpha value is -1.62. The Labute approximate surface area is 136 Å². The minimum absolute atomic E-state index is 0.212. The molecule has 0 bridgehead atoms. The summed E-state index contributed by atoms with van der Waals surface area (Å²) in [5.74, 6) is 0.164. The fraction of sp³-hybridized carbons (Fsp3) is 0.0714. The van der Waals surface area contributed by atoms with Crippen LogP contribution in [0.25, 0.3) is 0 Å². The minimum atomic E-state index is -0.408. The summed E-state index contributed by atoms with van der Waals surface area (Å²) in [5.41, 5.74) is 6.56. The van der Waals surface area contributed by atoms with E-state index in [1.807, 2.05) is 0 Å². The van der Waals surface area contributed by atoms with Crippen LogP contribution in [0, 0.1) is 0 Å². The molecule has 0 aromatic heterocycles. The van der Waals surface area contributed by atoms with E-state index in [4.69, 9.17) is 45.3 Å². The Morgan fingerprint density at radius 3 is 2.29 bits per heavy atom. The summed E-state index contributed by atoms with van der Waals surface area (Å²) in [7, 11) is 1.52. The molecule has 0 atom stereocenters. The van der Waals surface area contributed by atoms with Crippen molar-refractivity contribution in [3.63, 3.8) is 0 Å². The van der Waals surface area contributed by atoms with Crippen molar-refractivity contribution in [2.24, 2.45) is 0 Å². The van der Waals surface area contributed by atoms with Crippen molar-refractivity contribution in [3.05, 3.63) is 51.0 Å². The lowest BCUT2D eigenvalue weighted by molar-refractivity contribution is 0.102. The maximum atomic E-state index is 12.2. The van der Waals surface area contributed by atoms with Gasteiger partial charge in [-0.15, -0.1) is 0 Å². The highest BCUT2D eigenvalue weighted by Crippen LogP contribution is 2.30. The number of nitrogen functional groups attached to an aromatic ring is 1. The molecule has 3 N–H and O–H groups in total. The number of anilines is 2. The number of carbonyl (C=O) groups excluding carboxylic acids is 1. The predicted molar refractivity (Wildman–Crippen MR) is 86.8 cm³/mol. The van der Waals surface area contributed by atoms with Gasteiger partial charge in [0.1, 0.15) is 5.75 Å². The number of nitrogens with one attached hydrogen (secondary N) is 1. The maximum absolute atomic E-state index is 12.2. The highest BCUT2D eigenvalue weighted by Gasteiger charge is 2.13. The first-order valence-electron chi connectivity index (χ1n) is 5.81. The molecule has 7 heteroatoms. The lowest BCUT2D eigenvalue weighted by Gasteiger charge is -2.10. The molecule has 0 saturated carbocycles. The van der Waals surface area contributed by atoms with Crippen LogP contribution >= 0.6 is 34.8 Å². The monoisotopic (exact) mass is 344 g/mol. The number of carbonyl (C=O) groups is 1. The molecule has 0 spiro atoms. The Morgan fingerprint density at radius 2 is 1.71 bits per heavy atom. The van der Waals surface area contributed by atoms with Gasteiger partial charge in [0, 0.05) is 11.6 Å². The second-order valence-corrected chi connectivity index (χ2v) is 5.38. The Morgan fingerprint density at radius 1 is 1.10 bits per heavy atom. The van der Waals surface area contributed by atoms with E-state index < -0.39 is 5.91 Å². The first-order chi connectivity index (χ1) is 9.92. The van der Waals surface area contributed by atoms with E-state index in [9.17, 15) is 4.79 Å². The van der Waals surface area contributed by atoms with Gasteiger partial charge in [-0.1, -0.05) is 34.8 Å². The van der Waals surface area contributed by atoms with Gasteiger partial charge >= 0.3 is 0 Å². The number of amides is 1. The molecule has 4 nitrogen and oxygen atoms in total. The smallest absolute Gasteiger partial charge is 0.255 e. The third kappa shape index (κ3) is 3.53. The van der Waals surface area contributed by atoms with Crippen LogP contribution in [0.1, 0.15) is 10.4 Å². The van der Waals surface area contributed by atoms with Gasteiger partial charge < -0.3 is 15.8 Å². The first kappa shape index (κ1) is 15.8. The summed E-state index contributed by atoms with van der Waals surface area (Å²) >= 11 is 17.8. The Kier molecular flexibility index (Phi) is 4.83. The van der Waals surface area contributed by atoms with E-state index in [-0.39, 0.29) is 21.3 Å². The standard InChI is InChI=1S/C14H11Cl3N2O2/c1-21-8-2-3-9(15)12(6-8)19-14(20)7-4-10(16)13(18)11(17)5-7/h2-6H,18H2,1H3,(H,19,20). The molecule has 110 valence electrons. The van der Waals surface area contributed by atoms with Crippen molar-refractivity contribution in [2.75, 3.05) is 18.2 Å². The van der Waals surface area contributed by atoms with E-state index in [1.165, 1.54) is 19.2 Å². The van der Waals surface area contributed by atoms with Crippen LogP contribution in [-0.4, -0.2) is 13.0 Å². The van der Waals surface area contributed by atoms with E-state index in [0.29, 0.717) is 16.5 Å². The molecule has 0 aliphatic rings. The van der Waals surface area contributed by atoms with Gasteiger partial charge in [-0.2, -0.15) is 0 Å². The molecule has 0 unspecified atom stereocenters. The van der Waals surface area contributed by atoms with Crippen molar-refractivity contribution in [3.8, 4) is 5.75 Å². The van der Waals surface area contributed by atoms with Gasteiger partial charge in [0.2, 0.25) is 0 Å². The predicted octanol–water partition coefficient (Wildman–Crippen LogP) is 4.49. The van der Waals surface area contributed by atoms with Gasteiger partial charge in [-0.25, -0.2) is 0 Å². The van der Waals surface area contributed by atoms with Gasteiger partial charge in [0.25, 0.3) is 5.91 Å². The summed E-state index contributed by atoms with van der Waals surface area (Å²) in [4.78, 5) is 12.2. The first-order valence-corrected chi connectivity index (χ1v) is 6.95. The zero-order valence-corrected chi connectivity index (χ0v) is 13.2. The number of benzene rings is 2. The molecule has 2 rings (SSSR count). The molecule has 0 aliphatic carbocycles. The molecule has 0 radical (unpaired) electrons. The Balaban J connectivity index is 2.30. The number of nitrogens with two attached hydrogens (primary N) is 1. The van der Waals surface area contributed by atoms with Crippen LogP contribution in [0.2, 0.25) is 15.1 Å². The van der Waals surface area contributed by atoms with E-state index >= 15 is 0 Å². The second kappa shape index (κ2) is 6.43. The highest BCUT2D eigenvalue weighted by atomic mass is 35.5. The van der Waals surface area contributed by atoms with Crippen LogP contribution in [0.5, 0.6) is 5.75 Å². The maximum Gasteiger partial charge on any atom is 0.255 e. The van der Waals surface area contributed by atoms with Crippen LogP contribution in [0.4, 0.5) is 11.4 Å². The van der Waals surface area contributed by atoms with E-state index in [0.717, 1.165) is 0 Å². The summed E-state index contributed by atoms with van der Waals surface area (Å²) in [6.45, 7) is 0. The molecule has 0 aliphatic heterocycles. The summed E-state index contributed by atoms with van der Waals surface area (Å²) in [5, 5.41) is 3.48. The molecule has 1 amide bonds. The van der Waals surface area contributed by atoms with Crippen LogP contribution in [0.3, 0.4) is 0 Å². The zero-order chi connectivity index (χ0) is 15.6. The number of hydrogen-bond acceptors (Lipinski definition) is 3. The number of hydrogen-bond donors (Lipinski definition) is 2. The fourth-order valence-corrected chi connectivity index (χ4v) is 2.29. The lowest BCUT2D eigenvalue weighted by Crippen LogP contribution is -2.12. The summed E-state index contributed by atoms with van der Waals surface area (Å²) in [6.07, 6.45) is 0. The van der Waals surface area contributed by atoms with E-state index in [2.05, 4.69) is 5.32 Å². The molecule has 0 heterocycles. The zero-order valence-electron chi connectivity index (χ0n) is 10.9. The molecular weight excluding hydrogens is 335 g/mol. The van der Waals surface area contributed by atoms with Crippen molar-refractivity contribution < 1.29 is 9.53 Å². The van der Waals surface area contributed by atoms with Gasteiger partial charge in [0.15, 0.2) is 0 Å². The second-order valence-electron chi connectivity index (χ2n) is 4.15. The van der Waals surface area contributed by atoms with Gasteiger partial charge in [-0.3, -0.25) is 4.79 Å². The SMILES string of the molecule is COc1ccc(Cl)c(NC(=O)c2cc(Cl)c(N)c(Cl)c2)c1. The quantitative estimate of drug-likeness (QED) is 0.806. The minimum Gasteiger partial charge on any atom is -0.497 e. The number of ether oxygens (including phenoxy) is 1. The van der Waals surface area contributed by atoms with Crippen LogP contribution in [-0.2, 0) is 0 Å².